The average molecular weight is 726 g/mol. The Kier molecular flexibility index (Phi) is 18.6. The summed E-state index contributed by atoms with van der Waals surface area (Å²) >= 11 is 0. The van der Waals surface area contributed by atoms with Gasteiger partial charge in [0.2, 0.25) is 0 Å². The minimum absolute atomic E-state index is 0.0288. The van der Waals surface area contributed by atoms with E-state index >= 15 is 0 Å². The van der Waals surface area contributed by atoms with Gasteiger partial charge in [0.15, 0.2) is 0 Å². The zero-order valence-electron chi connectivity index (χ0n) is 32.7. The maximum atomic E-state index is 13.4. The summed E-state index contributed by atoms with van der Waals surface area (Å²) in [4.78, 5) is 49.1. The summed E-state index contributed by atoms with van der Waals surface area (Å²) in [5, 5.41) is 8.53. The molecule has 51 heavy (non-hydrogen) atoms. The van der Waals surface area contributed by atoms with Crippen LogP contribution in [0.25, 0.3) is 0 Å². The van der Waals surface area contributed by atoms with Crippen LogP contribution in [0.4, 0.5) is 14.4 Å². The molecule has 0 aromatic carbocycles. The maximum absolute atomic E-state index is 13.4. The van der Waals surface area contributed by atoms with Gasteiger partial charge in [-0.2, -0.15) is 0 Å². The van der Waals surface area contributed by atoms with Gasteiger partial charge in [0.25, 0.3) is 0 Å². The molecule has 294 valence electrons. The van der Waals surface area contributed by atoms with Crippen LogP contribution in [-0.4, -0.2) is 94.7 Å². The highest BCUT2D eigenvalue weighted by molar-refractivity contribution is 5.69. The number of allylic oxidation sites excluding steroid dienone is 1. The van der Waals surface area contributed by atoms with E-state index in [1.165, 1.54) is 14.2 Å². The summed E-state index contributed by atoms with van der Waals surface area (Å²) in [7, 11) is 4.54. The molecule has 3 amide bonds. The molecule has 0 radical (unpaired) electrons. The topological polar surface area (TPSA) is 163 Å². The van der Waals surface area contributed by atoms with Crippen molar-refractivity contribution in [3.63, 3.8) is 0 Å². The summed E-state index contributed by atoms with van der Waals surface area (Å²) in [6, 6.07) is -0.244. The fourth-order valence-electron chi connectivity index (χ4n) is 7.10. The molecule has 2 rings (SSSR count). The lowest BCUT2D eigenvalue weighted by atomic mass is 9.67. The number of unbranched alkanes of at least 4 members (excludes halogenated alkanes) is 5. The molecule has 13 nitrogen and oxygen atoms in total. The summed E-state index contributed by atoms with van der Waals surface area (Å²) in [5.74, 6) is -0.151. The van der Waals surface area contributed by atoms with Gasteiger partial charge < -0.3 is 44.4 Å². The molecule has 1 saturated heterocycles. The Morgan fingerprint density at radius 2 is 1.55 bits per heavy atom. The highest BCUT2D eigenvalue weighted by Gasteiger charge is 2.45. The summed E-state index contributed by atoms with van der Waals surface area (Å²) < 4.78 is 33.1. The van der Waals surface area contributed by atoms with Crippen molar-refractivity contribution in [2.24, 2.45) is 10.8 Å². The Labute approximate surface area is 306 Å². The largest absolute Gasteiger partial charge is 0.469 e. The first-order chi connectivity index (χ1) is 24.0. The van der Waals surface area contributed by atoms with Gasteiger partial charge in [-0.05, 0) is 63.7 Å². The van der Waals surface area contributed by atoms with Crippen LogP contribution in [0.1, 0.15) is 125 Å². The van der Waals surface area contributed by atoms with Gasteiger partial charge >= 0.3 is 24.2 Å². The summed E-state index contributed by atoms with van der Waals surface area (Å²) in [6.07, 6.45) is 12.5. The van der Waals surface area contributed by atoms with Crippen LogP contribution >= 0.6 is 0 Å². The third-order valence-corrected chi connectivity index (χ3v) is 9.53. The molecule has 0 spiro atoms. The minimum Gasteiger partial charge on any atom is -0.469 e. The van der Waals surface area contributed by atoms with E-state index in [1.807, 2.05) is 20.8 Å². The van der Waals surface area contributed by atoms with E-state index in [4.69, 9.17) is 23.7 Å². The molecule has 1 aliphatic heterocycles. The normalized spacial score (nSPS) is 23.8. The van der Waals surface area contributed by atoms with E-state index in [2.05, 4.69) is 53.6 Å². The first-order valence-corrected chi connectivity index (χ1v) is 18.7. The van der Waals surface area contributed by atoms with E-state index in [0.717, 1.165) is 44.9 Å². The van der Waals surface area contributed by atoms with Gasteiger partial charge in [-0.15, -0.1) is 0 Å². The quantitative estimate of drug-likeness (QED) is 0.0350. The second-order valence-electron chi connectivity index (χ2n) is 16.0. The Bertz CT molecular complexity index is 1130. The number of esters is 1. The van der Waals surface area contributed by atoms with Crippen LogP contribution in [0.2, 0.25) is 0 Å². The van der Waals surface area contributed by atoms with Crippen LogP contribution in [0.15, 0.2) is 12.2 Å². The van der Waals surface area contributed by atoms with Gasteiger partial charge in [0.05, 0.1) is 25.4 Å². The van der Waals surface area contributed by atoms with Crippen molar-refractivity contribution in [1.82, 2.24) is 16.0 Å². The number of amides is 3. The molecule has 1 saturated carbocycles. The first kappa shape index (κ1) is 44.1. The Morgan fingerprint density at radius 3 is 2.18 bits per heavy atom. The SMILES string of the molecule is CCC1OC1CC(OC(=O)NC1CC(C)(C)CC(C)(NC(=O)OCC(C)(C)COC(=O)NC)C1)C(C/C=C\CCCCCCCC(=O)OC)OC. The number of rotatable bonds is 22. The van der Waals surface area contributed by atoms with Crippen LogP contribution in [0.5, 0.6) is 0 Å². The van der Waals surface area contributed by atoms with Crippen molar-refractivity contribution in [3.8, 4) is 0 Å². The molecule has 3 N–H and O–H groups in total. The minimum atomic E-state index is -0.641. The fourth-order valence-corrected chi connectivity index (χ4v) is 7.10. The molecule has 0 bridgehead atoms. The van der Waals surface area contributed by atoms with Crippen molar-refractivity contribution in [1.29, 1.82) is 0 Å². The lowest BCUT2D eigenvalue weighted by Crippen LogP contribution is -2.58. The van der Waals surface area contributed by atoms with Crippen LogP contribution in [-0.2, 0) is 33.2 Å². The van der Waals surface area contributed by atoms with Crippen molar-refractivity contribution >= 4 is 24.2 Å². The number of methoxy groups -OCH3 is 2. The Hall–Kier alpha value is -3.06. The third kappa shape index (κ3) is 17.8. The molecule has 1 heterocycles. The lowest BCUT2D eigenvalue weighted by molar-refractivity contribution is -0.140. The maximum Gasteiger partial charge on any atom is 0.407 e. The zero-order chi connectivity index (χ0) is 38.1. The smallest absolute Gasteiger partial charge is 0.407 e. The van der Waals surface area contributed by atoms with Gasteiger partial charge in [0, 0.05) is 44.0 Å². The summed E-state index contributed by atoms with van der Waals surface area (Å²) in [6.45, 7) is 12.1. The number of ether oxygens (including phenoxy) is 6. The summed E-state index contributed by atoms with van der Waals surface area (Å²) in [5.41, 5.74) is -1.40. The Morgan fingerprint density at radius 1 is 0.882 bits per heavy atom. The number of hydrogen-bond donors (Lipinski definition) is 3. The number of carbonyl (C=O) groups excluding carboxylic acids is 4. The monoisotopic (exact) mass is 725 g/mol. The number of alkyl carbamates (subject to hydrolysis) is 3. The zero-order valence-corrected chi connectivity index (χ0v) is 32.7. The molecular formula is C38H67N3O10. The van der Waals surface area contributed by atoms with Crippen molar-refractivity contribution in [3.05, 3.63) is 12.2 Å². The second kappa shape index (κ2) is 21.5. The highest BCUT2D eigenvalue weighted by Crippen LogP contribution is 2.41. The van der Waals surface area contributed by atoms with E-state index in [1.54, 1.807) is 7.11 Å². The Balaban J connectivity index is 1.92. The van der Waals surface area contributed by atoms with Gasteiger partial charge in [-0.3, -0.25) is 4.79 Å². The average Bonchev–Trinajstić information content (AvgIpc) is 3.81. The number of epoxide rings is 1. The highest BCUT2D eigenvalue weighted by atomic mass is 16.6. The number of hydrogen-bond acceptors (Lipinski definition) is 10. The van der Waals surface area contributed by atoms with Crippen LogP contribution in [0, 0.1) is 10.8 Å². The van der Waals surface area contributed by atoms with E-state index < -0.39 is 35.3 Å². The standard InChI is InChI=1S/C38H67N3O10/c1-10-28-30(50-28)21-31(29(46-8)19-17-15-13-11-12-14-16-18-20-32(42)47-9)51-34(44)40-27-22-36(2,3)24-38(6,23-27)41-35(45)49-26-37(4,5)25-48-33(43)39-7/h15,17,27-31H,10-14,16,18-26H2,1-9H3,(H,39,43)(H,40,44)(H,41,45)/b17-15-. The molecule has 2 aliphatic rings. The lowest BCUT2D eigenvalue weighted by Gasteiger charge is -2.46. The van der Waals surface area contributed by atoms with E-state index in [-0.39, 0.29) is 49.0 Å². The first-order valence-electron chi connectivity index (χ1n) is 18.7. The molecule has 1 aliphatic carbocycles. The van der Waals surface area contributed by atoms with Gasteiger partial charge in [-0.25, -0.2) is 14.4 Å². The predicted molar refractivity (Wildman–Crippen MR) is 194 cm³/mol. The molecule has 0 aromatic heterocycles. The predicted octanol–water partition coefficient (Wildman–Crippen LogP) is 6.96. The van der Waals surface area contributed by atoms with Crippen LogP contribution < -0.4 is 16.0 Å². The molecule has 0 aromatic rings. The second-order valence-corrected chi connectivity index (χ2v) is 16.0. The van der Waals surface area contributed by atoms with E-state index in [9.17, 15) is 19.2 Å². The van der Waals surface area contributed by atoms with Crippen molar-refractivity contribution in [2.75, 3.05) is 34.5 Å². The number of nitrogens with one attached hydrogen (secondary N) is 3. The van der Waals surface area contributed by atoms with Gasteiger partial charge in [-0.1, -0.05) is 66.0 Å². The molecule has 6 atom stereocenters. The number of carbonyl (C=O) groups is 4. The van der Waals surface area contributed by atoms with Gasteiger partial charge in [0.1, 0.15) is 19.3 Å². The molecule has 13 heteroatoms. The molecule has 6 unspecified atom stereocenters. The fraction of sp³-hybridized carbons (Fsp3) is 0.842. The molecule has 2 fully saturated rings. The van der Waals surface area contributed by atoms with Crippen molar-refractivity contribution in [2.45, 2.75) is 161 Å². The molecular weight excluding hydrogens is 658 g/mol. The van der Waals surface area contributed by atoms with E-state index in [0.29, 0.717) is 38.5 Å². The van der Waals surface area contributed by atoms with Crippen LogP contribution in [0.3, 0.4) is 0 Å². The third-order valence-electron chi connectivity index (χ3n) is 9.53. The van der Waals surface area contributed by atoms with Crippen molar-refractivity contribution < 1.29 is 47.6 Å².